The van der Waals surface area contributed by atoms with Crippen LogP contribution in [-0.4, -0.2) is 15.9 Å². The summed E-state index contributed by atoms with van der Waals surface area (Å²) in [6.07, 6.45) is -10.2. The van der Waals surface area contributed by atoms with Crippen molar-refractivity contribution in [2.45, 2.75) is 26.2 Å². The molecule has 26 heavy (non-hydrogen) atoms. The predicted octanol–water partition coefficient (Wildman–Crippen LogP) is 2.27. The zero-order valence-electron chi connectivity index (χ0n) is 13.5. The summed E-state index contributed by atoms with van der Waals surface area (Å²) in [7, 11) is 0. The Bertz CT molecular complexity index is 789. The molecule has 1 aromatic heterocycles. The molecule has 0 unspecified atom stereocenters. The minimum Gasteiger partial charge on any atom is -0.322 e. The van der Waals surface area contributed by atoms with Gasteiger partial charge in [-0.25, -0.2) is 4.99 Å². The minimum atomic E-state index is -5.08. The van der Waals surface area contributed by atoms with E-state index in [2.05, 4.69) is 20.3 Å². The fraction of sp³-hybridized carbons (Fsp3) is 0.267. The molecule has 0 saturated carbocycles. The van der Waals surface area contributed by atoms with Crippen LogP contribution in [0.5, 0.6) is 0 Å². The van der Waals surface area contributed by atoms with Crippen molar-refractivity contribution in [3.63, 3.8) is 0 Å². The van der Waals surface area contributed by atoms with E-state index >= 15 is 0 Å². The average molecular weight is 378 g/mol. The molecule has 4 N–H and O–H groups in total. The van der Waals surface area contributed by atoms with Crippen molar-refractivity contribution in [3.05, 3.63) is 46.8 Å². The van der Waals surface area contributed by atoms with Gasteiger partial charge in [0.1, 0.15) is 0 Å². The topological polar surface area (TPSA) is 77.8 Å². The number of aromatic nitrogens is 2. The van der Waals surface area contributed by atoms with Crippen LogP contribution in [0.15, 0.2) is 24.3 Å². The number of benzene rings is 1. The van der Waals surface area contributed by atoms with Crippen LogP contribution >= 0.6 is 0 Å². The zero-order valence-corrected chi connectivity index (χ0v) is 13.5. The van der Waals surface area contributed by atoms with E-state index in [0.717, 1.165) is 11.1 Å². The smallest absolute Gasteiger partial charge is 0.322 e. The maximum absolute atomic E-state index is 12.8. The number of alkyl halides is 6. The van der Waals surface area contributed by atoms with E-state index in [-0.39, 0.29) is 12.0 Å². The van der Waals surface area contributed by atoms with Gasteiger partial charge in [0, 0.05) is 6.07 Å². The Labute approximate surface area is 144 Å². The Morgan fingerprint density at radius 1 is 0.962 bits per heavy atom. The Kier molecular flexibility index (Phi) is 5.10. The van der Waals surface area contributed by atoms with Crippen molar-refractivity contribution in [3.8, 4) is 0 Å². The highest BCUT2D eigenvalue weighted by molar-refractivity contribution is 5.90. The van der Waals surface area contributed by atoms with E-state index in [1.807, 2.05) is 0 Å². The number of hydrogen-bond acceptors (Lipinski definition) is 2. The van der Waals surface area contributed by atoms with Crippen LogP contribution in [0.1, 0.15) is 22.5 Å². The van der Waals surface area contributed by atoms with Crippen LogP contribution in [-0.2, 0) is 12.4 Å². The van der Waals surface area contributed by atoms with Gasteiger partial charge in [0.15, 0.2) is 11.4 Å². The maximum atomic E-state index is 12.8. The van der Waals surface area contributed by atoms with Crippen LogP contribution in [0, 0.1) is 13.8 Å². The van der Waals surface area contributed by atoms with Crippen LogP contribution in [0.4, 0.5) is 38.0 Å². The molecular weight excluding hydrogens is 364 g/mol. The van der Waals surface area contributed by atoms with E-state index in [9.17, 15) is 26.3 Å². The number of hydrogen-bond donors (Lipinski definition) is 3. The summed E-state index contributed by atoms with van der Waals surface area (Å²) in [6, 6.07) is 5.13. The number of para-hydroxylation sites is 1. The third-order valence-electron chi connectivity index (χ3n) is 3.29. The third-order valence-corrected chi connectivity index (χ3v) is 3.29. The molecule has 0 saturated heterocycles. The summed E-state index contributed by atoms with van der Waals surface area (Å²) < 4.78 is 76.7. The molecule has 5 nitrogen and oxygen atoms in total. The van der Waals surface area contributed by atoms with E-state index in [0.29, 0.717) is 5.69 Å². The van der Waals surface area contributed by atoms with Gasteiger partial charge in [-0.05, 0) is 25.0 Å². The number of halogens is 6. The van der Waals surface area contributed by atoms with Crippen LogP contribution in [0.25, 0.3) is 0 Å². The number of nitrogens with one attached hydrogen (secondary N) is 2. The summed E-state index contributed by atoms with van der Waals surface area (Å²) in [5.41, 5.74) is 4.28. The van der Waals surface area contributed by atoms with Crippen molar-refractivity contribution in [1.29, 1.82) is 0 Å². The molecule has 0 fully saturated rings. The molecule has 11 heteroatoms. The van der Waals surface area contributed by atoms with Crippen molar-refractivity contribution < 1.29 is 31.3 Å². The van der Waals surface area contributed by atoms with Gasteiger partial charge < -0.3 is 5.73 Å². The summed E-state index contributed by atoms with van der Waals surface area (Å²) >= 11 is 0. The molecule has 1 aromatic carbocycles. The second-order valence-corrected chi connectivity index (χ2v) is 5.39. The van der Waals surface area contributed by atoms with Crippen molar-refractivity contribution in [1.82, 2.24) is 9.97 Å². The monoisotopic (exact) mass is 378 g/mol. The molecule has 1 heterocycles. The van der Waals surface area contributed by atoms with Crippen molar-refractivity contribution in [2.24, 2.45) is 5.73 Å². The molecule has 0 aliphatic carbocycles. The van der Waals surface area contributed by atoms with Gasteiger partial charge in [-0.3, -0.25) is 5.32 Å². The van der Waals surface area contributed by atoms with Crippen LogP contribution in [0.3, 0.4) is 0 Å². The first-order valence-electron chi connectivity index (χ1n) is 7.14. The molecule has 0 bridgehead atoms. The number of aryl methyl sites for hydroxylation is 2. The fourth-order valence-corrected chi connectivity index (χ4v) is 2.09. The van der Waals surface area contributed by atoms with Gasteiger partial charge in [0.05, 0.1) is 5.69 Å². The second kappa shape index (κ2) is 6.81. The minimum absolute atomic E-state index is 0.166. The van der Waals surface area contributed by atoms with E-state index in [1.54, 1.807) is 32.0 Å². The number of guanidine groups is 1. The van der Waals surface area contributed by atoms with Crippen LogP contribution in [0.2, 0.25) is 0 Å². The molecule has 2 aromatic rings. The fourth-order valence-electron chi connectivity index (χ4n) is 2.09. The normalized spacial score (nSPS) is 13.0. The zero-order chi connectivity index (χ0) is 19.7. The predicted molar refractivity (Wildman–Crippen MR) is 81.4 cm³/mol. The van der Waals surface area contributed by atoms with Gasteiger partial charge in [-0.1, -0.05) is 18.2 Å². The Hall–Kier alpha value is -2.85. The highest BCUT2D eigenvalue weighted by Gasteiger charge is 2.42. The second-order valence-electron chi connectivity index (χ2n) is 5.39. The first-order chi connectivity index (χ1) is 11.9. The lowest BCUT2D eigenvalue weighted by molar-refractivity contribution is -0.366. The molecule has 0 aliphatic heterocycles. The summed E-state index contributed by atoms with van der Waals surface area (Å²) in [5, 5.41) is 2.68. The summed E-state index contributed by atoms with van der Waals surface area (Å²) in [5.74, 6) is -1.25. The lowest BCUT2D eigenvalue weighted by Gasteiger charge is -2.09. The quantitative estimate of drug-likeness (QED) is 0.426. The lowest BCUT2D eigenvalue weighted by Crippen LogP contribution is -2.72. The Morgan fingerprint density at radius 3 is 1.85 bits per heavy atom. The number of nitrogens with zero attached hydrogens (tertiary/aromatic N) is 2. The molecular formula is C15H14F6N5+. The summed E-state index contributed by atoms with van der Waals surface area (Å²) in [4.78, 5) is 8.24. The van der Waals surface area contributed by atoms with E-state index in [4.69, 9.17) is 5.73 Å². The standard InChI is InChI=1S/C15H13F6N5/c1-7-4-3-5-8(2)11(7)25-12(22)26-13-23-9(14(16,17)18)6-10(24-13)15(19,20)21/h3-6H,1-2H3,(H3,22,23,24,25,26)/p+1. The summed E-state index contributed by atoms with van der Waals surface area (Å²) in [6.45, 7) is 3.51. The van der Waals surface area contributed by atoms with Gasteiger partial charge in [0.2, 0.25) is 0 Å². The van der Waals surface area contributed by atoms with Crippen LogP contribution < -0.4 is 16.0 Å². The van der Waals surface area contributed by atoms with E-state index < -0.39 is 29.7 Å². The lowest BCUT2D eigenvalue weighted by atomic mass is 10.1. The molecule has 0 aliphatic rings. The molecule has 140 valence electrons. The van der Waals surface area contributed by atoms with E-state index in [1.165, 1.54) is 0 Å². The van der Waals surface area contributed by atoms with Gasteiger partial charge >= 0.3 is 18.3 Å². The first kappa shape index (κ1) is 19.5. The van der Waals surface area contributed by atoms with Gasteiger partial charge in [0.25, 0.3) is 5.96 Å². The SMILES string of the molecule is Cc1cccc(C)c1NC(N)=[NH+]c1nc(C(F)(F)F)cc(C(F)(F)F)n1. The average Bonchev–Trinajstić information content (AvgIpc) is 2.49. The third kappa shape index (κ3) is 4.61. The number of rotatable bonds is 2. The molecule has 0 radical (unpaired) electrons. The first-order valence-corrected chi connectivity index (χ1v) is 7.14. The molecule has 0 atom stereocenters. The highest BCUT2D eigenvalue weighted by Crippen LogP contribution is 2.33. The maximum Gasteiger partial charge on any atom is 0.443 e. The van der Waals surface area contributed by atoms with Gasteiger partial charge in [-0.2, -0.15) is 26.3 Å². The van der Waals surface area contributed by atoms with Crippen molar-refractivity contribution in [2.75, 3.05) is 5.32 Å². The molecule has 0 spiro atoms. The van der Waals surface area contributed by atoms with Gasteiger partial charge in [-0.15, -0.1) is 9.97 Å². The Morgan fingerprint density at radius 2 is 1.42 bits per heavy atom. The number of anilines is 1. The number of nitrogens with two attached hydrogens (primary N) is 1. The highest BCUT2D eigenvalue weighted by atomic mass is 19.4. The Balaban J connectivity index is 2.45. The van der Waals surface area contributed by atoms with Crippen molar-refractivity contribution >= 4 is 17.6 Å². The molecule has 0 amide bonds. The largest absolute Gasteiger partial charge is 0.443 e. The molecule has 2 rings (SSSR count).